The Balaban J connectivity index is 2.56. The standard InChI is InChI=1S/C98H185N2O19P/c1-8-14-20-26-32-38-40-41-43-49-55-60-66-71-89(104)115-82(68-62-56-50-44-34-28-22-16-10-3)75-87(102)99-93-80(7)114-86(95(108)96(93)109)79-113-85-74-81(78-101)97(119-120(110,111)112)98(94(85)100-88(103)76-83(69-63-57-51-45-35-29-23-17-11-4)116-90(105)72-65-59-53-47-37-31-25-19-13-6)118-92(107)77-84(70-64-58-52-46-36-30-24-18-12-5)117-91(106)73-67-61-54-48-42-39-33-27-21-15-9-2/h80-86,93-98,101,108-109H,8-79H2,1-7H3,(H,99,102)(H,100,103)(H2,110,111,112)/t80?,81?,82-,83-,84-,85-,86?,93?,94?,95-,96-,97-,98-/m1/s1. The Morgan fingerprint density at radius 1 is 0.367 bits per heavy atom. The number of aliphatic hydroxyl groups is 3. The molecule has 5 unspecified atom stereocenters. The van der Waals surface area contributed by atoms with Crippen LogP contribution >= 0.6 is 7.82 Å². The van der Waals surface area contributed by atoms with Crippen molar-refractivity contribution in [2.45, 2.75) is 571 Å². The van der Waals surface area contributed by atoms with E-state index in [1.807, 2.05) is 0 Å². The van der Waals surface area contributed by atoms with Crippen molar-refractivity contribution >= 4 is 43.5 Å². The maximum Gasteiger partial charge on any atom is 0.469 e. The summed E-state index contributed by atoms with van der Waals surface area (Å²) in [4.78, 5) is 107. The number of rotatable bonds is 84. The molecule has 0 bridgehead atoms. The van der Waals surface area contributed by atoms with Crippen LogP contribution in [-0.4, -0.2) is 147 Å². The lowest BCUT2D eigenvalue weighted by molar-refractivity contribution is -0.211. The largest absolute Gasteiger partial charge is 0.469 e. The average molecular weight is 1730 g/mol. The molecule has 21 nitrogen and oxygen atoms in total. The number of carbonyl (C=O) groups is 6. The maximum absolute atomic E-state index is 15.1. The highest BCUT2D eigenvalue weighted by molar-refractivity contribution is 7.46. The van der Waals surface area contributed by atoms with Gasteiger partial charge in [0.05, 0.1) is 50.2 Å². The SMILES string of the molecule is CCCCCCCCCCCCCCCC(=O)O[C@H](CCCCCCCCCCC)CC(=O)NC1C(C)OC(CO[C@@H]2CC(CO)[C@@H](OP(=O)(O)O)[C@H](OC(=O)C[C@@H](CCCCCCCCCCC)OC(=O)CCCCCCCCCCCCC)C2NC(=O)C[C@@H](CCCCCCCCCCC)OC(=O)CCCCCCCCCCC)[C@@H](O)[C@@H]1O. The number of ether oxygens (including phenoxy) is 6. The molecule has 0 aromatic carbocycles. The summed E-state index contributed by atoms with van der Waals surface area (Å²) >= 11 is 0. The Kier molecular flexibility index (Phi) is 72.3. The van der Waals surface area contributed by atoms with Crippen LogP contribution in [0.4, 0.5) is 0 Å². The highest BCUT2D eigenvalue weighted by atomic mass is 31.2. The van der Waals surface area contributed by atoms with Crippen LogP contribution in [0.1, 0.15) is 498 Å². The highest BCUT2D eigenvalue weighted by Gasteiger charge is 2.52. The van der Waals surface area contributed by atoms with Gasteiger partial charge in [-0.2, -0.15) is 0 Å². The van der Waals surface area contributed by atoms with E-state index in [1.54, 1.807) is 6.92 Å². The summed E-state index contributed by atoms with van der Waals surface area (Å²) in [5.74, 6) is -4.52. The van der Waals surface area contributed by atoms with E-state index in [0.717, 1.165) is 167 Å². The van der Waals surface area contributed by atoms with Gasteiger partial charge in [0.1, 0.15) is 42.7 Å². The number of esters is 4. The third-order valence-corrected chi connectivity index (χ3v) is 25.4. The predicted octanol–water partition coefficient (Wildman–Crippen LogP) is 24.0. The molecule has 0 spiro atoms. The summed E-state index contributed by atoms with van der Waals surface area (Å²) in [5.41, 5.74) is 0. The van der Waals surface area contributed by atoms with Gasteiger partial charge in [-0.25, -0.2) is 4.57 Å². The van der Waals surface area contributed by atoms with E-state index in [9.17, 15) is 53.6 Å². The lowest BCUT2D eigenvalue weighted by atomic mass is 9.79. The Hall–Kier alpha value is -3.27. The molecule has 13 atom stereocenters. The molecule has 1 aliphatic carbocycles. The van der Waals surface area contributed by atoms with Gasteiger partial charge in [-0.1, -0.05) is 388 Å². The number of aliphatic hydroxyl groups excluding tert-OH is 3. The van der Waals surface area contributed by atoms with Crippen LogP contribution in [-0.2, 0) is 66.3 Å². The molecule has 0 aromatic heterocycles. The predicted molar refractivity (Wildman–Crippen MR) is 484 cm³/mol. The fourth-order valence-corrected chi connectivity index (χ4v) is 18.0. The molecule has 0 aromatic rings. The second-order valence-corrected chi connectivity index (χ2v) is 37.5. The van der Waals surface area contributed by atoms with Crippen LogP contribution in [0.15, 0.2) is 0 Å². The molecule has 2 aliphatic rings. The van der Waals surface area contributed by atoms with Crippen LogP contribution in [0.3, 0.4) is 0 Å². The van der Waals surface area contributed by atoms with Crippen LogP contribution in [0, 0.1) is 5.92 Å². The van der Waals surface area contributed by atoms with Crippen molar-refractivity contribution < 1.29 is 91.4 Å². The summed E-state index contributed by atoms with van der Waals surface area (Å²) in [5, 5.41) is 41.1. The molecule has 2 fully saturated rings. The lowest BCUT2D eigenvalue weighted by Crippen LogP contribution is -2.65. The third-order valence-electron chi connectivity index (χ3n) is 24.9. The van der Waals surface area contributed by atoms with Gasteiger partial charge < -0.3 is 64.2 Å². The van der Waals surface area contributed by atoms with Gasteiger partial charge in [0.2, 0.25) is 11.8 Å². The summed E-state index contributed by atoms with van der Waals surface area (Å²) in [6.07, 6.45) is 53.4. The monoisotopic (exact) mass is 1730 g/mol. The fourth-order valence-electron chi connectivity index (χ4n) is 17.4. The van der Waals surface area contributed by atoms with Crippen molar-refractivity contribution in [1.29, 1.82) is 0 Å². The van der Waals surface area contributed by atoms with Crippen LogP contribution in [0.25, 0.3) is 0 Å². The van der Waals surface area contributed by atoms with Gasteiger partial charge in [0.15, 0.2) is 6.10 Å². The molecule has 2 amide bonds. The van der Waals surface area contributed by atoms with Crippen molar-refractivity contribution in [3.8, 4) is 0 Å². The van der Waals surface area contributed by atoms with E-state index >= 15 is 4.79 Å². The van der Waals surface area contributed by atoms with E-state index in [4.69, 9.17) is 32.9 Å². The topological polar surface area (TPSA) is 309 Å². The molecular formula is C98H185N2O19P. The molecule has 120 heavy (non-hydrogen) atoms. The van der Waals surface area contributed by atoms with Crippen LogP contribution in [0.5, 0.6) is 0 Å². The molecule has 1 saturated heterocycles. The van der Waals surface area contributed by atoms with E-state index < -0.39 is 136 Å². The molecule has 0 radical (unpaired) electrons. The van der Waals surface area contributed by atoms with E-state index in [1.165, 1.54) is 186 Å². The molecular weight excluding hydrogens is 1540 g/mol. The quantitative estimate of drug-likeness (QED) is 0.0129. The van der Waals surface area contributed by atoms with Crippen LogP contribution < -0.4 is 10.6 Å². The minimum absolute atomic E-state index is 0.157. The molecule has 7 N–H and O–H groups in total. The second kappa shape index (κ2) is 76.9. The number of amides is 2. The third kappa shape index (κ3) is 60.4. The van der Waals surface area contributed by atoms with Gasteiger partial charge in [0, 0.05) is 31.8 Å². The number of phosphoric acid groups is 1. The molecule has 22 heteroatoms. The zero-order valence-electron chi connectivity index (χ0n) is 77.8. The molecule has 1 aliphatic heterocycles. The first-order chi connectivity index (χ1) is 58.2. The number of hydrogen-bond acceptors (Lipinski definition) is 17. The number of carbonyl (C=O) groups excluding carboxylic acids is 6. The molecule has 1 heterocycles. The van der Waals surface area contributed by atoms with Gasteiger partial charge in [-0.15, -0.1) is 0 Å². The number of unbranched alkanes of at least 4 members (excludes halogenated alkanes) is 54. The van der Waals surface area contributed by atoms with Crippen molar-refractivity contribution in [3.05, 3.63) is 0 Å². The Bertz CT molecular complexity index is 2510. The van der Waals surface area contributed by atoms with Crippen molar-refractivity contribution in [3.63, 3.8) is 0 Å². The van der Waals surface area contributed by atoms with Crippen molar-refractivity contribution in [1.82, 2.24) is 10.6 Å². The minimum atomic E-state index is -5.47. The summed E-state index contributed by atoms with van der Waals surface area (Å²) in [6, 6.07) is -2.61. The van der Waals surface area contributed by atoms with Gasteiger partial charge >= 0.3 is 31.7 Å². The van der Waals surface area contributed by atoms with E-state index in [0.29, 0.717) is 51.4 Å². The molecule has 706 valence electrons. The highest BCUT2D eigenvalue weighted by Crippen LogP contribution is 2.45. The fraction of sp³-hybridized carbons (Fsp3) is 0.939. The Morgan fingerprint density at radius 3 is 0.933 bits per heavy atom. The smallest absolute Gasteiger partial charge is 0.462 e. The normalized spacial score (nSPS) is 20.2. The van der Waals surface area contributed by atoms with Crippen molar-refractivity contribution in [2.75, 3.05) is 13.2 Å². The summed E-state index contributed by atoms with van der Waals surface area (Å²) in [6.45, 7) is 13.7. The average Bonchev–Trinajstić information content (AvgIpc) is 0.777. The number of hydrogen-bond donors (Lipinski definition) is 7. The first-order valence-electron chi connectivity index (χ1n) is 50.6. The van der Waals surface area contributed by atoms with Crippen molar-refractivity contribution in [2.24, 2.45) is 5.92 Å². The van der Waals surface area contributed by atoms with Gasteiger partial charge in [0.25, 0.3) is 0 Å². The summed E-state index contributed by atoms with van der Waals surface area (Å²) < 4.78 is 56.5. The zero-order valence-corrected chi connectivity index (χ0v) is 78.7. The van der Waals surface area contributed by atoms with E-state index in [2.05, 4.69) is 52.2 Å². The number of nitrogens with one attached hydrogen (secondary N) is 2. The van der Waals surface area contributed by atoms with E-state index in [-0.39, 0.29) is 44.5 Å². The van der Waals surface area contributed by atoms with Gasteiger partial charge in [-0.3, -0.25) is 33.3 Å². The van der Waals surface area contributed by atoms with Gasteiger partial charge in [-0.05, 0) is 71.1 Å². The first-order valence-corrected chi connectivity index (χ1v) is 52.1. The first kappa shape index (κ1) is 113. The second-order valence-electron chi connectivity index (χ2n) is 36.3. The Morgan fingerprint density at radius 2 is 0.642 bits per heavy atom. The maximum atomic E-state index is 15.1. The minimum Gasteiger partial charge on any atom is -0.462 e. The molecule has 1 saturated carbocycles. The lowest BCUT2D eigenvalue weighted by Gasteiger charge is -2.46. The van der Waals surface area contributed by atoms with Crippen LogP contribution in [0.2, 0.25) is 0 Å². The molecule has 2 rings (SSSR count). The zero-order chi connectivity index (χ0) is 87.7. The number of phosphoric ester groups is 1. The summed E-state index contributed by atoms with van der Waals surface area (Å²) in [7, 11) is -5.47. The Labute approximate surface area is 732 Å².